The largest absolute Gasteiger partial charge is 0.369 e. The Morgan fingerprint density at radius 2 is 2.16 bits per heavy atom. The van der Waals surface area contributed by atoms with Gasteiger partial charge >= 0.3 is 5.69 Å². The Bertz CT molecular complexity index is 491. The summed E-state index contributed by atoms with van der Waals surface area (Å²) in [6, 6.07) is 0.101. The van der Waals surface area contributed by atoms with E-state index in [1.54, 1.807) is 7.05 Å². The average molecular weight is 267 g/mol. The molecule has 1 fully saturated rings. The highest BCUT2D eigenvalue weighted by Crippen LogP contribution is 2.29. The first kappa shape index (κ1) is 13.3. The zero-order valence-electron chi connectivity index (χ0n) is 10.7. The van der Waals surface area contributed by atoms with Crippen molar-refractivity contribution in [3.8, 4) is 0 Å². The van der Waals surface area contributed by atoms with Crippen molar-refractivity contribution < 1.29 is 9.72 Å². The summed E-state index contributed by atoms with van der Waals surface area (Å²) in [5.41, 5.74) is 5.24. The Kier molecular flexibility index (Phi) is 3.68. The summed E-state index contributed by atoms with van der Waals surface area (Å²) in [5, 5.41) is 18.0. The van der Waals surface area contributed by atoms with Crippen LogP contribution >= 0.6 is 0 Å². The van der Waals surface area contributed by atoms with Crippen LogP contribution in [0.25, 0.3) is 0 Å². The molecule has 3 N–H and O–H groups in total. The van der Waals surface area contributed by atoms with Gasteiger partial charge in [0, 0.05) is 19.0 Å². The smallest absolute Gasteiger partial charge is 0.330 e. The molecule has 8 nitrogen and oxygen atoms in total. The highest BCUT2D eigenvalue weighted by atomic mass is 16.6. The van der Waals surface area contributed by atoms with Gasteiger partial charge in [-0.05, 0) is 25.7 Å². The number of hydrogen-bond acceptors (Lipinski definition) is 5. The number of carbonyl (C=O) groups excluding carboxylic acids is 1. The molecule has 0 saturated heterocycles. The van der Waals surface area contributed by atoms with E-state index in [9.17, 15) is 14.9 Å². The summed E-state index contributed by atoms with van der Waals surface area (Å²) in [7, 11) is 1.64. The van der Waals surface area contributed by atoms with Crippen LogP contribution in [0.1, 0.15) is 25.7 Å². The Labute approximate surface area is 110 Å². The number of carbonyl (C=O) groups is 1. The van der Waals surface area contributed by atoms with Crippen molar-refractivity contribution in [1.29, 1.82) is 0 Å². The van der Waals surface area contributed by atoms with Gasteiger partial charge in [-0.2, -0.15) is 0 Å². The number of nitrogens with one attached hydrogen (secondary N) is 1. The topological polar surface area (TPSA) is 116 Å². The number of anilines is 1. The molecule has 8 heteroatoms. The maximum absolute atomic E-state index is 11.1. The molecule has 0 atom stereocenters. The monoisotopic (exact) mass is 267 g/mol. The van der Waals surface area contributed by atoms with Gasteiger partial charge in [-0.25, -0.2) is 0 Å². The molecule has 0 unspecified atom stereocenters. The molecule has 0 aliphatic heterocycles. The summed E-state index contributed by atoms with van der Waals surface area (Å²) < 4.78 is 1.41. The lowest BCUT2D eigenvalue weighted by Crippen LogP contribution is -2.32. The molecule has 1 aromatic rings. The summed E-state index contributed by atoms with van der Waals surface area (Å²) in [6.45, 7) is 0. The maximum atomic E-state index is 11.1. The zero-order chi connectivity index (χ0) is 14.0. The highest BCUT2D eigenvalue weighted by Gasteiger charge is 2.27. The van der Waals surface area contributed by atoms with Gasteiger partial charge in [0.1, 0.15) is 6.20 Å². The maximum Gasteiger partial charge on any atom is 0.330 e. The van der Waals surface area contributed by atoms with Crippen molar-refractivity contribution in [2.45, 2.75) is 31.7 Å². The van der Waals surface area contributed by atoms with Gasteiger partial charge in [-0.3, -0.25) is 19.6 Å². The number of primary amides is 1. The normalized spacial score (nSPS) is 23.0. The third-order valence-corrected chi connectivity index (χ3v) is 3.48. The van der Waals surface area contributed by atoms with Crippen molar-refractivity contribution in [2.75, 3.05) is 5.32 Å². The summed E-state index contributed by atoms with van der Waals surface area (Å²) >= 11 is 0. The van der Waals surface area contributed by atoms with Crippen molar-refractivity contribution >= 4 is 17.4 Å². The standard InChI is InChI=1S/C11H17N5O3/c1-15-6-9(16(18)19)11(14-15)13-8-4-2-7(3-5-8)10(12)17/h6-8H,2-5H2,1H3,(H2,12,17)(H,13,14). The molecule has 1 amide bonds. The number of amides is 1. The van der Waals surface area contributed by atoms with Gasteiger partial charge in [0.25, 0.3) is 0 Å². The Morgan fingerprint density at radius 3 is 2.68 bits per heavy atom. The lowest BCUT2D eigenvalue weighted by Gasteiger charge is -2.27. The third-order valence-electron chi connectivity index (χ3n) is 3.48. The second kappa shape index (κ2) is 5.25. The van der Waals surface area contributed by atoms with E-state index in [1.807, 2.05) is 0 Å². The molecule has 1 aliphatic rings. The Balaban J connectivity index is 1.99. The summed E-state index contributed by atoms with van der Waals surface area (Å²) in [4.78, 5) is 21.5. The van der Waals surface area contributed by atoms with E-state index >= 15 is 0 Å². The van der Waals surface area contributed by atoms with E-state index < -0.39 is 4.92 Å². The van der Waals surface area contributed by atoms with Gasteiger partial charge in [-0.15, -0.1) is 5.10 Å². The van der Waals surface area contributed by atoms with Gasteiger partial charge in [0.05, 0.1) is 4.92 Å². The minimum atomic E-state index is -0.454. The van der Waals surface area contributed by atoms with Crippen LogP contribution in [0.5, 0.6) is 0 Å². The second-order valence-electron chi connectivity index (χ2n) is 4.89. The SMILES string of the molecule is Cn1cc([N+](=O)[O-])c(NC2CCC(C(N)=O)CC2)n1. The highest BCUT2D eigenvalue weighted by molar-refractivity contribution is 5.76. The first-order valence-corrected chi connectivity index (χ1v) is 6.21. The molecular formula is C11H17N5O3. The van der Waals surface area contributed by atoms with Crippen LogP contribution in [0.15, 0.2) is 6.20 Å². The molecule has 104 valence electrons. The average Bonchev–Trinajstić information content (AvgIpc) is 2.71. The quantitative estimate of drug-likeness (QED) is 0.617. The molecule has 0 bridgehead atoms. The van der Waals surface area contributed by atoms with Crippen LogP contribution < -0.4 is 11.1 Å². The van der Waals surface area contributed by atoms with Crippen LogP contribution in [0.4, 0.5) is 11.5 Å². The number of aryl methyl sites for hydroxylation is 1. The van der Waals surface area contributed by atoms with Crippen molar-refractivity contribution in [3.05, 3.63) is 16.3 Å². The number of aromatic nitrogens is 2. The minimum Gasteiger partial charge on any atom is -0.369 e. The predicted molar refractivity (Wildman–Crippen MR) is 68.4 cm³/mol. The van der Waals surface area contributed by atoms with E-state index in [-0.39, 0.29) is 29.4 Å². The molecule has 0 spiro atoms. The van der Waals surface area contributed by atoms with Crippen LogP contribution in [-0.2, 0) is 11.8 Å². The minimum absolute atomic E-state index is 0.0282. The molecule has 2 rings (SSSR count). The second-order valence-corrected chi connectivity index (χ2v) is 4.89. The Morgan fingerprint density at radius 1 is 1.53 bits per heavy atom. The van der Waals surface area contributed by atoms with Crippen LogP contribution in [0, 0.1) is 16.0 Å². The number of hydrogen-bond donors (Lipinski definition) is 2. The van der Waals surface area contributed by atoms with Crippen LogP contribution in [-0.4, -0.2) is 26.7 Å². The lowest BCUT2D eigenvalue weighted by molar-refractivity contribution is -0.384. The number of nitrogens with zero attached hydrogens (tertiary/aromatic N) is 3. The molecule has 0 radical (unpaired) electrons. The van der Waals surface area contributed by atoms with Crippen molar-refractivity contribution in [1.82, 2.24) is 9.78 Å². The van der Waals surface area contributed by atoms with Gasteiger partial charge < -0.3 is 11.1 Å². The predicted octanol–water partition coefficient (Wildman–Crippen LogP) is 0.784. The summed E-state index contributed by atoms with van der Waals surface area (Å²) in [6.07, 6.45) is 4.33. The fraction of sp³-hybridized carbons (Fsp3) is 0.636. The van der Waals surface area contributed by atoms with Crippen LogP contribution in [0.3, 0.4) is 0 Å². The molecule has 1 saturated carbocycles. The van der Waals surface area contributed by atoms with E-state index in [4.69, 9.17) is 5.73 Å². The van der Waals surface area contributed by atoms with Gasteiger partial charge in [0.15, 0.2) is 0 Å². The number of nitrogens with two attached hydrogens (primary N) is 1. The molecule has 0 aromatic carbocycles. The number of nitro groups is 1. The fourth-order valence-corrected chi connectivity index (χ4v) is 2.43. The first-order valence-electron chi connectivity index (χ1n) is 6.21. The first-order chi connectivity index (χ1) is 8.97. The van der Waals surface area contributed by atoms with Crippen LogP contribution in [0.2, 0.25) is 0 Å². The summed E-state index contributed by atoms with van der Waals surface area (Å²) in [5.74, 6) is -0.0472. The fourth-order valence-electron chi connectivity index (χ4n) is 2.43. The molecular weight excluding hydrogens is 250 g/mol. The van der Waals surface area contributed by atoms with Crippen molar-refractivity contribution in [2.24, 2.45) is 18.7 Å². The molecule has 19 heavy (non-hydrogen) atoms. The van der Waals surface area contributed by atoms with Gasteiger partial charge in [-0.1, -0.05) is 0 Å². The van der Waals surface area contributed by atoms with E-state index in [0.29, 0.717) is 12.8 Å². The van der Waals surface area contributed by atoms with E-state index in [1.165, 1.54) is 10.9 Å². The number of rotatable bonds is 4. The molecule has 1 heterocycles. The Hall–Kier alpha value is -2.12. The van der Waals surface area contributed by atoms with E-state index in [0.717, 1.165) is 12.8 Å². The third kappa shape index (κ3) is 3.01. The molecule has 1 aromatic heterocycles. The van der Waals surface area contributed by atoms with Crippen molar-refractivity contribution in [3.63, 3.8) is 0 Å². The lowest BCUT2D eigenvalue weighted by atomic mass is 9.85. The molecule has 1 aliphatic carbocycles. The zero-order valence-corrected chi connectivity index (χ0v) is 10.7. The van der Waals surface area contributed by atoms with E-state index in [2.05, 4.69) is 10.4 Å². The van der Waals surface area contributed by atoms with Gasteiger partial charge in [0.2, 0.25) is 11.7 Å².